The van der Waals surface area contributed by atoms with Gasteiger partial charge in [0.25, 0.3) is 0 Å². The summed E-state index contributed by atoms with van der Waals surface area (Å²) in [4.78, 5) is 9.12. The SMILES string of the molecule is CC(C)CN1CCN(Cc2cccnc2C(N)=NO)CC1. The van der Waals surface area contributed by atoms with E-state index in [0.717, 1.165) is 44.8 Å². The highest BCUT2D eigenvalue weighted by Crippen LogP contribution is 2.12. The van der Waals surface area contributed by atoms with Crippen LogP contribution in [0.25, 0.3) is 0 Å². The smallest absolute Gasteiger partial charge is 0.189 e. The fraction of sp³-hybridized carbons (Fsp3) is 0.600. The molecule has 0 unspecified atom stereocenters. The average Bonchev–Trinajstić information content (AvgIpc) is 2.48. The van der Waals surface area contributed by atoms with Crippen molar-refractivity contribution in [2.45, 2.75) is 20.4 Å². The zero-order valence-electron chi connectivity index (χ0n) is 12.9. The Labute approximate surface area is 126 Å². The molecule has 0 aromatic carbocycles. The first-order valence-corrected chi connectivity index (χ1v) is 7.46. The number of amidine groups is 1. The fourth-order valence-corrected chi connectivity index (χ4v) is 2.73. The first kappa shape index (κ1) is 15.7. The molecular formula is C15H25N5O. The molecule has 6 nitrogen and oxygen atoms in total. The van der Waals surface area contributed by atoms with Crippen LogP contribution >= 0.6 is 0 Å². The van der Waals surface area contributed by atoms with E-state index in [-0.39, 0.29) is 5.84 Å². The standard InChI is InChI=1S/C15H25N5O/c1-12(2)10-19-6-8-20(9-7-19)11-13-4-3-5-17-14(13)15(16)18-21/h3-5,12,21H,6-11H2,1-2H3,(H2,16,18). The van der Waals surface area contributed by atoms with Gasteiger partial charge in [-0.3, -0.25) is 9.88 Å². The van der Waals surface area contributed by atoms with Gasteiger partial charge in [-0.05, 0) is 17.5 Å². The molecule has 1 saturated heterocycles. The molecule has 0 amide bonds. The number of oxime groups is 1. The summed E-state index contributed by atoms with van der Waals surface area (Å²) in [5.74, 6) is 0.783. The van der Waals surface area contributed by atoms with Gasteiger partial charge >= 0.3 is 0 Å². The minimum atomic E-state index is 0.0732. The maximum Gasteiger partial charge on any atom is 0.189 e. The summed E-state index contributed by atoms with van der Waals surface area (Å²) in [7, 11) is 0. The summed E-state index contributed by atoms with van der Waals surface area (Å²) in [6.45, 7) is 10.7. The van der Waals surface area contributed by atoms with Crippen LogP contribution in [0.2, 0.25) is 0 Å². The third kappa shape index (κ3) is 4.41. The van der Waals surface area contributed by atoms with Gasteiger partial charge < -0.3 is 15.8 Å². The molecule has 6 heteroatoms. The summed E-state index contributed by atoms with van der Waals surface area (Å²) in [5, 5.41) is 11.9. The highest BCUT2D eigenvalue weighted by Gasteiger charge is 2.19. The number of aromatic nitrogens is 1. The molecule has 21 heavy (non-hydrogen) atoms. The Kier molecular flexibility index (Phi) is 5.52. The highest BCUT2D eigenvalue weighted by molar-refractivity contribution is 5.96. The van der Waals surface area contributed by atoms with Crippen molar-refractivity contribution in [2.75, 3.05) is 32.7 Å². The molecule has 0 spiro atoms. The van der Waals surface area contributed by atoms with Gasteiger partial charge in [0.05, 0.1) is 0 Å². The second kappa shape index (κ2) is 7.38. The van der Waals surface area contributed by atoms with Gasteiger partial charge in [0.1, 0.15) is 5.69 Å². The van der Waals surface area contributed by atoms with E-state index in [9.17, 15) is 0 Å². The molecule has 1 aliphatic heterocycles. The monoisotopic (exact) mass is 291 g/mol. The van der Waals surface area contributed by atoms with E-state index in [4.69, 9.17) is 10.9 Å². The Morgan fingerprint density at radius 3 is 2.62 bits per heavy atom. The van der Waals surface area contributed by atoms with Crippen LogP contribution in [0.1, 0.15) is 25.1 Å². The van der Waals surface area contributed by atoms with Crippen molar-refractivity contribution >= 4 is 5.84 Å². The second-order valence-corrected chi connectivity index (χ2v) is 5.97. The second-order valence-electron chi connectivity index (χ2n) is 5.97. The molecule has 0 atom stereocenters. The lowest BCUT2D eigenvalue weighted by atomic mass is 10.1. The molecular weight excluding hydrogens is 266 g/mol. The van der Waals surface area contributed by atoms with E-state index in [1.165, 1.54) is 0 Å². The van der Waals surface area contributed by atoms with Gasteiger partial charge in [-0.1, -0.05) is 25.1 Å². The van der Waals surface area contributed by atoms with Crippen LogP contribution in [0.3, 0.4) is 0 Å². The Bertz CT molecular complexity index is 481. The Morgan fingerprint density at radius 1 is 1.33 bits per heavy atom. The molecule has 0 bridgehead atoms. The number of piperazine rings is 1. The fourth-order valence-electron chi connectivity index (χ4n) is 2.73. The summed E-state index contributed by atoms with van der Waals surface area (Å²) >= 11 is 0. The van der Waals surface area contributed by atoms with Crippen molar-refractivity contribution in [3.63, 3.8) is 0 Å². The van der Waals surface area contributed by atoms with E-state index in [1.54, 1.807) is 6.20 Å². The molecule has 2 rings (SSSR count). The number of hydrogen-bond acceptors (Lipinski definition) is 5. The largest absolute Gasteiger partial charge is 0.409 e. The highest BCUT2D eigenvalue weighted by atomic mass is 16.4. The van der Waals surface area contributed by atoms with Crippen LogP contribution in [0.5, 0.6) is 0 Å². The molecule has 1 fully saturated rings. The van der Waals surface area contributed by atoms with Crippen LogP contribution < -0.4 is 5.73 Å². The first-order chi connectivity index (χ1) is 10.1. The van der Waals surface area contributed by atoms with E-state index in [1.807, 2.05) is 12.1 Å². The van der Waals surface area contributed by atoms with Gasteiger partial charge in [-0.25, -0.2) is 0 Å². The zero-order valence-corrected chi connectivity index (χ0v) is 12.9. The molecule has 3 N–H and O–H groups in total. The predicted molar refractivity (Wildman–Crippen MR) is 83.3 cm³/mol. The zero-order chi connectivity index (χ0) is 15.2. The van der Waals surface area contributed by atoms with E-state index >= 15 is 0 Å². The third-order valence-electron chi connectivity index (χ3n) is 3.72. The van der Waals surface area contributed by atoms with Crippen LogP contribution in [0, 0.1) is 5.92 Å². The summed E-state index contributed by atoms with van der Waals surface area (Å²) in [6, 6.07) is 3.87. The normalized spacial score (nSPS) is 18.3. The average molecular weight is 291 g/mol. The van der Waals surface area contributed by atoms with Crippen molar-refractivity contribution < 1.29 is 5.21 Å². The van der Waals surface area contributed by atoms with E-state index < -0.39 is 0 Å². The molecule has 1 aromatic heterocycles. The summed E-state index contributed by atoms with van der Waals surface area (Å²) in [5.41, 5.74) is 7.27. The van der Waals surface area contributed by atoms with Gasteiger partial charge in [0.2, 0.25) is 0 Å². The minimum Gasteiger partial charge on any atom is -0.409 e. The Morgan fingerprint density at radius 2 is 2.00 bits per heavy atom. The molecule has 2 heterocycles. The third-order valence-corrected chi connectivity index (χ3v) is 3.72. The molecule has 0 radical (unpaired) electrons. The van der Waals surface area contributed by atoms with Gasteiger partial charge in [0.15, 0.2) is 5.84 Å². The number of nitrogens with two attached hydrogens (primary N) is 1. The molecule has 0 saturated carbocycles. The number of pyridine rings is 1. The van der Waals surface area contributed by atoms with Crippen LogP contribution in [-0.2, 0) is 6.54 Å². The predicted octanol–water partition coefficient (Wildman–Crippen LogP) is 0.950. The quantitative estimate of drug-likeness (QED) is 0.365. The van der Waals surface area contributed by atoms with E-state index in [2.05, 4.69) is 33.8 Å². The van der Waals surface area contributed by atoms with Crippen molar-refractivity contribution in [1.29, 1.82) is 0 Å². The van der Waals surface area contributed by atoms with E-state index in [0.29, 0.717) is 11.6 Å². The van der Waals surface area contributed by atoms with Crippen LogP contribution in [-0.4, -0.2) is 58.6 Å². The van der Waals surface area contributed by atoms with Crippen molar-refractivity contribution in [1.82, 2.24) is 14.8 Å². The molecule has 1 aliphatic rings. The lowest BCUT2D eigenvalue weighted by molar-refractivity contribution is 0.117. The first-order valence-electron chi connectivity index (χ1n) is 7.46. The summed E-state index contributed by atoms with van der Waals surface area (Å²) < 4.78 is 0. The molecule has 116 valence electrons. The Hall–Kier alpha value is -1.66. The van der Waals surface area contributed by atoms with Crippen molar-refractivity contribution in [3.8, 4) is 0 Å². The van der Waals surface area contributed by atoms with Crippen molar-refractivity contribution in [2.24, 2.45) is 16.8 Å². The number of hydrogen-bond donors (Lipinski definition) is 2. The van der Waals surface area contributed by atoms with Gasteiger partial charge in [-0.15, -0.1) is 0 Å². The van der Waals surface area contributed by atoms with Crippen molar-refractivity contribution in [3.05, 3.63) is 29.6 Å². The minimum absolute atomic E-state index is 0.0732. The molecule has 1 aromatic rings. The lowest BCUT2D eigenvalue weighted by Crippen LogP contribution is -2.47. The maximum atomic E-state index is 8.84. The summed E-state index contributed by atoms with van der Waals surface area (Å²) in [6.07, 6.45) is 1.66. The van der Waals surface area contributed by atoms with Gasteiger partial charge in [-0.2, -0.15) is 0 Å². The molecule has 0 aliphatic carbocycles. The topological polar surface area (TPSA) is 78.0 Å². The lowest BCUT2D eigenvalue weighted by Gasteiger charge is -2.35. The maximum absolute atomic E-state index is 8.84. The number of rotatable bonds is 5. The van der Waals surface area contributed by atoms with Gasteiger partial charge in [0, 0.05) is 45.5 Å². The number of nitrogens with zero attached hydrogens (tertiary/aromatic N) is 4. The van der Waals surface area contributed by atoms with Crippen LogP contribution in [0.4, 0.5) is 0 Å². The van der Waals surface area contributed by atoms with Crippen LogP contribution in [0.15, 0.2) is 23.5 Å². The Balaban J connectivity index is 1.95.